The van der Waals surface area contributed by atoms with Crippen molar-refractivity contribution in [3.8, 4) is 0 Å². The number of amides is 2. The number of fused-ring (bicyclic) bond motifs is 1. The maximum absolute atomic E-state index is 14.3. The maximum Gasteiger partial charge on any atom is 0.312 e. The van der Waals surface area contributed by atoms with Crippen LogP contribution in [0.4, 0.5) is 0 Å². The van der Waals surface area contributed by atoms with E-state index in [9.17, 15) is 14.4 Å². The Hall–Kier alpha value is -2.19. The molecular formula is C31H50N2O6. The molecule has 3 unspecified atom stereocenters. The van der Waals surface area contributed by atoms with Gasteiger partial charge in [-0.25, -0.2) is 0 Å². The number of esters is 1. The fraction of sp³-hybridized carbons (Fsp3) is 0.774. The molecule has 8 nitrogen and oxygen atoms in total. The molecule has 2 bridgehead atoms. The molecule has 220 valence electrons. The summed E-state index contributed by atoms with van der Waals surface area (Å²) < 4.78 is 12.5. The first kappa shape index (κ1) is 31.3. The number of aliphatic hydroxyl groups is 1. The zero-order valence-corrected chi connectivity index (χ0v) is 24.4. The Bertz CT molecular complexity index is 892. The predicted molar refractivity (Wildman–Crippen MR) is 151 cm³/mol. The van der Waals surface area contributed by atoms with Crippen LogP contribution in [0.5, 0.6) is 0 Å². The lowest BCUT2D eigenvalue weighted by molar-refractivity contribution is -0.162. The number of ether oxygens (including phenoxy) is 2. The van der Waals surface area contributed by atoms with Crippen molar-refractivity contribution in [1.82, 2.24) is 9.80 Å². The number of aliphatic hydroxyl groups excluding tert-OH is 1. The van der Waals surface area contributed by atoms with Crippen molar-refractivity contribution >= 4 is 17.8 Å². The van der Waals surface area contributed by atoms with Gasteiger partial charge in [-0.15, -0.1) is 13.2 Å². The molecule has 2 amide bonds. The van der Waals surface area contributed by atoms with Crippen LogP contribution in [0.15, 0.2) is 25.3 Å². The summed E-state index contributed by atoms with van der Waals surface area (Å²) in [4.78, 5) is 45.5. The maximum atomic E-state index is 14.3. The van der Waals surface area contributed by atoms with Crippen molar-refractivity contribution in [2.24, 2.45) is 17.8 Å². The molecule has 0 aliphatic carbocycles. The van der Waals surface area contributed by atoms with Gasteiger partial charge in [0, 0.05) is 26.2 Å². The van der Waals surface area contributed by atoms with Crippen LogP contribution < -0.4 is 0 Å². The summed E-state index contributed by atoms with van der Waals surface area (Å²) in [6.45, 7) is 15.5. The van der Waals surface area contributed by atoms with Gasteiger partial charge in [0.25, 0.3) is 0 Å². The third-order valence-electron chi connectivity index (χ3n) is 9.10. The van der Waals surface area contributed by atoms with Gasteiger partial charge >= 0.3 is 5.97 Å². The van der Waals surface area contributed by atoms with Gasteiger partial charge in [0.15, 0.2) is 0 Å². The minimum absolute atomic E-state index is 0.0139. The first-order valence-electron chi connectivity index (χ1n) is 15.0. The van der Waals surface area contributed by atoms with E-state index in [0.717, 1.165) is 44.9 Å². The Morgan fingerprint density at radius 1 is 1.15 bits per heavy atom. The van der Waals surface area contributed by atoms with Gasteiger partial charge in [-0.2, -0.15) is 0 Å². The van der Waals surface area contributed by atoms with E-state index in [1.165, 1.54) is 0 Å². The predicted octanol–water partition coefficient (Wildman–Crippen LogP) is 4.26. The van der Waals surface area contributed by atoms with Crippen molar-refractivity contribution in [1.29, 1.82) is 0 Å². The summed E-state index contributed by atoms with van der Waals surface area (Å²) in [5.41, 5.74) is -1.92. The largest absolute Gasteiger partial charge is 0.465 e. The Morgan fingerprint density at radius 2 is 1.90 bits per heavy atom. The molecule has 0 saturated carbocycles. The minimum Gasteiger partial charge on any atom is -0.465 e. The van der Waals surface area contributed by atoms with Crippen LogP contribution in [-0.2, 0) is 23.9 Å². The topological polar surface area (TPSA) is 96.4 Å². The Balaban J connectivity index is 1.95. The summed E-state index contributed by atoms with van der Waals surface area (Å²) in [5.74, 6) is -2.20. The SMILES string of the molecule is C=CCCCOC(=O)[C@@H]1[C@H]2C(=O)N(CCCCCCO)C(C(=O)N(CC=C)CCCCC)C23CC(C)[C@@]1(C)O3. The van der Waals surface area contributed by atoms with Crippen LogP contribution >= 0.6 is 0 Å². The van der Waals surface area contributed by atoms with Crippen LogP contribution in [0.2, 0.25) is 0 Å². The quantitative estimate of drug-likeness (QED) is 0.157. The minimum atomic E-state index is -1.05. The molecule has 1 spiro atoms. The molecule has 0 radical (unpaired) electrons. The highest BCUT2D eigenvalue weighted by Crippen LogP contribution is 2.65. The van der Waals surface area contributed by atoms with Gasteiger partial charge in [-0.05, 0) is 51.4 Å². The van der Waals surface area contributed by atoms with E-state index in [2.05, 4.69) is 27.0 Å². The van der Waals surface area contributed by atoms with E-state index in [1.54, 1.807) is 22.0 Å². The van der Waals surface area contributed by atoms with Crippen LogP contribution in [0.1, 0.15) is 85.0 Å². The average molecular weight is 547 g/mol. The standard InChI is InChI=1S/C31H50N2O6/c1-6-9-13-18-32(17-8-3)28(36)26-31-22-23(4)30(5,39-31)25(29(37)38-21-16-10-7-2)24(31)27(35)33(26)19-14-11-12-15-20-34/h7-8,23-26,34H,2-3,6,9-22H2,1,4-5H3/t23?,24-,25-,26?,30+,31?/m0/s1. The molecule has 3 rings (SSSR count). The second-order valence-corrected chi connectivity index (χ2v) is 11.8. The summed E-state index contributed by atoms with van der Waals surface area (Å²) in [6.07, 6.45) is 11.6. The van der Waals surface area contributed by atoms with E-state index in [0.29, 0.717) is 38.9 Å². The first-order valence-corrected chi connectivity index (χ1v) is 15.0. The fourth-order valence-electron chi connectivity index (χ4n) is 7.03. The highest BCUT2D eigenvalue weighted by Gasteiger charge is 2.80. The van der Waals surface area contributed by atoms with E-state index < -0.39 is 35.0 Å². The molecule has 3 fully saturated rings. The summed E-state index contributed by atoms with van der Waals surface area (Å²) in [7, 11) is 0. The number of likely N-dealkylation sites (tertiary alicyclic amines) is 1. The van der Waals surface area contributed by atoms with Crippen LogP contribution in [-0.4, -0.2) is 82.8 Å². The monoisotopic (exact) mass is 546 g/mol. The number of nitrogens with zero attached hydrogens (tertiary/aromatic N) is 2. The molecule has 0 aromatic carbocycles. The second-order valence-electron chi connectivity index (χ2n) is 11.8. The lowest BCUT2D eigenvalue weighted by Gasteiger charge is -2.37. The van der Waals surface area contributed by atoms with Crippen molar-refractivity contribution in [3.05, 3.63) is 25.3 Å². The average Bonchev–Trinajstić information content (AvgIpc) is 3.42. The summed E-state index contributed by atoms with van der Waals surface area (Å²) >= 11 is 0. The van der Waals surface area contributed by atoms with E-state index in [1.807, 2.05) is 6.92 Å². The Labute approximate surface area is 234 Å². The van der Waals surface area contributed by atoms with Crippen LogP contribution in [0.3, 0.4) is 0 Å². The number of unbranched alkanes of at least 4 members (excludes halogenated alkanes) is 6. The molecule has 0 aromatic heterocycles. The number of carbonyl (C=O) groups excluding carboxylic acids is 3. The molecule has 0 aromatic rings. The molecule has 39 heavy (non-hydrogen) atoms. The molecule has 3 aliphatic heterocycles. The van der Waals surface area contributed by atoms with Crippen molar-refractivity contribution in [2.45, 2.75) is 102 Å². The molecule has 3 aliphatic rings. The molecule has 6 atom stereocenters. The lowest BCUT2D eigenvalue weighted by Crippen LogP contribution is -2.56. The molecule has 8 heteroatoms. The number of allylic oxidation sites excluding steroid dienone is 1. The van der Waals surface area contributed by atoms with Gasteiger partial charge in [-0.3, -0.25) is 14.4 Å². The van der Waals surface area contributed by atoms with Crippen LogP contribution in [0.25, 0.3) is 0 Å². The number of rotatable bonds is 18. The van der Waals surface area contributed by atoms with Crippen molar-refractivity contribution < 1.29 is 29.0 Å². The lowest BCUT2D eigenvalue weighted by atomic mass is 9.62. The normalized spacial score (nSPS) is 30.9. The molecule has 3 saturated heterocycles. The van der Waals surface area contributed by atoms with Gasteiger partial charge in [-0.1, -0.05) is 51.7 Å². The van der Waals surface area contributed by atoms with Crippen molar-refractivity contribution in [2.75, 3.05) is 32.8 Å². The van der Waals surface area contributed by atoms with Gasteiger partial charge in [0.2, 0.25) is 11.8 Å². The zero-order valence-electron chi connectivity index (χ0n) is 24.4. The molecular weight excluding hydrogens is 496 g/mol. The Morgan fingerprint density at radius 3 is 2.56 bits per heavy atom. The van der Waals surface area contributed by atoms with Gasteiger partial charge in [0.05, 0.1) is 18.1 Å². The van der Waals surface area contributed by atoms with E-state index in [-0.39, 0.29) is 30.9 Å². The number of hydrogen-bond acceptors (Lipinski definition) is 6. The van der Waals surface area contributed by atoms with Crippen LogP contribution in [0, 0.1) is 17.8 Å². The highest BCUT2D eigenvalue weighted by atomic mass is 16.6. The molecule has 1 N–H and O–H groups in total. The third-order valence-corrected chi connectivity index (χ3v) is 9.10. The smallest absolute Gasteiger partial charge is 0.312 e. The van der Waals surface area contributed by atoms with E-state index >= 15 is 0 Å². The first-order chi connectivity index (χ1) is 18.7. The van der Waals surface area contributed by atoms with Crippen molar-refractivity contribution in [3.63, 3.8) is 0 Å². The van der Waals surface area contributed by atoms with Gasteiger partial charge in [0.1, 0.15) is 17.6 Å². The van der Waals surface area contributed by atoms with Gasteiger partial charge < -0.3 is 24.4 Å². The summed E-state index contributed by atoms with van der Waals surface area (Å²) in [6, 6.07) is -0.780. The highest BCUT2D eigenvalue weighted by molar-refractivity contribution is 5.98. The Kier molecular flexibility index (Phi) is 11.2. The summed E-state index contributed by atoms with van der Waals surface area (Å²) in [5, 5.41) is 9.15. The molecule has 3 heterocycles. The second kappa shape index (κ2) is 13.9. The number of hydrogen-bond donors (Lipinski definition) is 1. The van der Waals surface area contributed by atoms with E-state index in [4.69, 9.17) is 14.6 Å². The zero-order chi connectivity index (χ0) is 28.6. The number of carbonyl (C=O) groups is 3. The fourth-order valence-corrected chi connectivity index (χ4v) is 7.03. The third kappa shape index (κ3) is 6.12.